The zero-order chi connectivity index (χ0) is 22.3. The molecule has 1 N–H and O–H groups in total. The van der Waals surface area contributed by atoms with Crippen LogP contribution in [0.15, 0.2) is 72.5 Å². The first kappa shape index (κ1) is 22.3. The van der Waals surface area contributed by atoms with Gasteiger partial charge in [0.1, 0.15) is 12.4 Å². The van der Waals surface area contributed by atoms with Crippen LogP contribution in [0.4, 0.5) is 5.82 Å². The summed E-state index contributed by atoms with van der Waals surface area (Å²) in [6.07, 6.45) is 3.27. The highest BCUT2D eigenvalue weighted by Crippen LogP contribution is 2.37. The van der Waals surface area contributed by atoms with E-state index in [-0.39, 0.29) is 31.9 Å². The predicted octanol–water partition coefficient (Wildman–Crippen LogP) is 3.04. The van der Waals surface area contributed by atoms with E-state index in [0.29, 0.717) is 0 Å². The van der Waals surface area contributed by atoms with Crippen molar-refractivity contribution in [2.75, 3.05) is 17.8 Å². The summed E-state index contributed by atoms with van der Waals surface area (Å²) in [7, 11) is -4.06. The molecular weight excluding hydrogens is 420 g/mol. The van der Waals surface area contributed by atoms with Crippen LogP contribution >= 0.6 is 0 Å². The molecule has 1 aromatic heterocycles. The van der Waals surface area contributed by atoms with Gasteiger partial charge in [0.2, 0.25) is 0 Å². The molecule has 162 valence electrons. The summed E-state index contributed by atoms with van der Waals surface area (Å²) in [6, 6.07) is 13.8. The third-order valence-corrected chi connectivity index (χ3v) is 6.42. The predicted molar refractivity (Wildman–Crippen MR) is 115 cm³/mol. The van der Waals surface area contributed by atoms with Gasteiger partial charge < -0.3 is 4.74 Å². The number of esters is 1. The highest BCUT2D eigenvalue weighted by Gasteiger charge is 2.55. The van der Waals surface area contributed by atoms with Crippen LogP contribution in [-0.4, -0.2) is 42.3 Å². The Kier molecular flexibility index (Phi) is 6.91. The van der Waals surface area contributed by atoms with E-state index < -0.39 is 27.6 Å². The number of hydrogen-bond acceptors (Lipinski definition) is 6. The SMILES string of the molecule is C=CCC1CN(S(=O)(=O)Nc2ccccn2)CC1(N=[N+]=[N-])C(=O)OCc1ccccc1. The highest BCUT2D eigenvalue weighted by molar-refractivity contribution is 7.90. The van der Waals surface area contributed by atoms with Gasteiger partial charge in [0, 0.05) is 24.2 Å². The van der Waals surface area contributed by atoms with Crippen LogP contribution in [0, 0.1) is 5.92 Å². The van der Waals surface area contributed by atoms with E-state index in [9.17, 15) is 13.2 Å². The first-order valence-electron chi connectivity index (χ1n) is 9.48. The van der Waals surface area contributed by atoms with Crippen molar-refractivity contribution in [1.29, 1.82) is 0 Å². The fraction of sp³-hybridized carbons (Fsp3) is 0.300. The number of carbonyl (C=O) groups is 1. The van der Waals surface area contributed by atoms with Crippen molar-refractivity contribution in [3.05, 3.63) is 83.4 Å². The van der Waals surface area contributed by atoms with E-state index in [4.69, 9.17) is 10.3 Å². The molecule has 2 heterocycles. The first-order chi connectivity index (χ1) is 14.9. The van der Waals surface area contributed by atoms with Crippen LogP contribution < -0.4 is 4.72 Å². The number of anilines is 1. The van der Waals surface area contributed by atoms with Gasteiger partial charge in [-0.15, -0.1) is 6.58 Å². The maximum atomic E-state index is 13.1. The Bertz CT molecular complexity index is 1070. The van der Waals surface area contributed by atoms with Gasteiger partial charge in [-0.1, -0.05) is 47.6 Å². The third-order valence-electron chi connectivity index (χ3n) is 5.00. The van der Waals surface area contributed by atoms with Gasteiger partial charge >= 0.3 is 16.2 Å². The quantitative estimate of drug-likeness (QED) is 0.209. The smallest absolute Gasteiger partial charge is 0.320 e. The van der Waals surface area contributed by atoms with Crippen molar-refractivity contribution in [3.63, 3.8) is 0 Å². The molecule has 10 nitrogen and oxygen atoms in total. The Balaban J connectivity index is 1.86. The number of rotatable bonds is 9. The number of ether oxygens (including phenoxy) is 1. The zero-order valence-corrected chi connectivity index (χ0v) is 17.5. The van der Waals surface area contributed by atoms with E-state index in [1.165, 1.54) is 12.3 Å². The number of hydrogen-bond donors (Lipinski definition) is 1. The highest BCUT2D eigenvalue weighted by atomic mass is 32.2. The molecule has 0 bridgehead atoms. The largest absolute Gasteiger partial charge is 0.460 e. The molecule has 2 aromatic rings. The van der Waals surface area contributed by atoms with E-state index in [1.54, 1.807) is 42.5 Å². The van der Waals surface area contributed by atoms with Crippen LogP contribution in [0.2, 0.25) is 0 Å². The van der Waals surface area contributed by atoms with Gasteiger partial charge in [0.05, 0.1) is 0 Å². The van der Waals surface area contributed by atoms with Crippen molar-refractivity contribution in [3.8, 4) is 0 Å². The van der Waals surface area contributed by atoms with Crippen molar-refractivity contribution in [2.24, 2.45) is 11.0 Å². The average molecular weight is 443 g/mol. The normalized spacial score (nSPS) is 21.1. The Morgan fingerprint density at radius 1 is 1.35 bits per heavy atom. The maximum Gasteiger partial charge on any atom is 0.320 e. The fourth-order valence-corrected chi connectivity index (χ4v) is 4.70. The first-order valence-corrected chi connectivity index (χ1v) is 10.9. The molecule has 1 aliphatic rings. The molecule has 1 aliphatic heterocycles. The van der Waals surface area contributed by atoms with Crippen LogP contribution in [0.1, 0.15) is 12.0 Å². The number of benzene rings is 1. The fourth-order valence-electron chi connectivity index (χ4n) is 3.45. The summed E-state index contributed by atoms with van der Waals surface area (Å²) >= 11 is 0. The lowest BCUT2D eigenvalue weighted by atomic mass is 9.85. The molecule has 1 aromatic carbocycles. The molecule has 0 radical (unpaired) electrons. The second kappa shape index (κ2) is 9.61. The molecule has 1 fully saturated rings. The Hall–Kier alpha value is -3.40. The number of nitrogens with one attached hydrogen (secondary N) is 1. The lowest BCUT2D eigenvalue weighted by molar-refractivity contribution is -0.152. The molecule has 31 heavy (non-hydrogen) atoms. The second-order valence-electron chi connectivity index (χ2n) is 7.01. The summed E-state index contributed by atoms with van der Waals surface area (Å²) in [5, 5.41) is 3.75. The minimum atomic E-state index is -4.06. The van der Waals surface area contributed by atoms with Gasteiger partial charge in [0.15, 0.2) is 5.54 Å². The van der Waals surface area contributed by atoms with E-state index in [2.05, 4.69) is 26.3 Å². The second-order valence-corrected chi connectivity index (χ2v) is 8.68. The molecule has 0 saturated carbocycles. The zero-order valence-electron chi connectivity index (χ0n) is 16.7. The minimum Gasteiger partial charge on any atom is -0.460 e. The number of aromatic nitrogens is 1. The minimum absolute atomic E-state index is 0.0257. The van der Waals surface area contributed by atoms with Gasteiger partial charge in [0.25, 0.3) is 0 Å². The number of pyridine rings is 1. The van der Waals surface area contributed by atoms with Gasteiger partial charge in [-0.3, -0.25) is 9.52 Å². The molecule has 0 amide bonds. The number of nitrogens with zero attached hydrogens (tertiary/aromatic N) is 5. The molecule has 0 spiro atoms. The Morgan fingerprint density at radius 3 is 2.74 bits per heavy atom. The van der Waals surface area contributed by atoms with E-state index in [0.717, 1.165) is 9.87 Å². The Labute approximate surface area is 180 Å². The molecular formula is C20H22N6O4S. The topological polar surface area (TPSA) is 137 Å². The van der Waals surface area contributed by atoms with Gasteiger partial charge in [-0.2, -0.15) is 12.7 Å². The van der Waals surface area contributed by atoms with Crippen LogP contribution in [-0.2, 0) is 26.3 Å². The van der Waals surface area contributed by atoms with Crippen molar-refractivity contribution in [2.45, 2.75) is 18.6 Å². The average Bonchev–Trinajstić information content (AvgIpc) is 3.14. The monoisotopic (exact) mass is 442 g/mol. The molecule has 11 heteroatoms. The number of carbonyl (C=O) groups excluding carboxylic acids is 1. The summed E-state index contributed by atoms with van der Waals surface area (Å²) in [5.41, 5.74) is 8.21. The molecule has 3 rings (SSSR count). The molecule has 1 saturated heterocycles. The molecule has 2 atom stereocenters. The van der Waals surface area contributed by atoms with Crippen LogP contribution in [0.25, 0.3) is 10.4 Å². The van der Waals surface area contributed by atoms with Crippen LogP contribution in [0.5, 0.6) is 0 Å². The maximum absolute atomic E-state index is 13.1. The van der Waals surface area contributed by atoms with Crippen LogP contribution in [0.3, 0.4) is 0 Å². The number of allylic oxidation sites excluding steroid dienone is 1. The number of azide groups is 1. The standard InChI is InChI=1S/C20H22N6O4S/c1-2-8-17-13-26(31(28,29)23-18-11-6-7-12-22-18)15-20(17,24-25-21)19(27)30-14-16-9-4-3-5-10-16/h2-7,9-12,17H,1,8,13-15H2,(H,22,23). The van der Waals surface area contributed by atoms with E-state index >= 15 is 0 Å². The van der Waals surface area contributed by atoms with Crippen molar-refractivity contribution >= 4 is 22.0 Å². The Morgan fingerprint density at radius 2 is 2.10 bits per heavy atom. The summed E-state index contributed by atoms with van der Waals surface area (Å²) in [6.45, 7) is 3.25. The van der Waals surface area contributed by atoms with E-state index in [1.807, 2.05) is 6.07 Å². The summed E-state index contributed by atoms with van der Waals surface area (Å²) in [5.74, 6) is -1.28. The lowest BCUT2D eigenvalue weighted by Gasteiger charge is -2.26. The third kappa shape index (κ3) is 5.02. The lowest BCUT2D eigenvalue weighted by Crippen LogP contribution is -2.46. The summed E-state index contributed by atoms with van der Waals surface area (Å²) in [4.78, 5) is 19.9. The van der Waals surface area contributed by atoms with Crippen molar-refractivity contribution < 1.29 is 17.9 Å². The van der Waals surface area contributed by atoms with Crippen molar-refractivity contribution in [1.82, 2.24) is 9.29 Å². The summed E-state index contributed by atoms with van der Waals surface area (Å²) < 4.78 is 34.7. The molecule has 2 unspecified atom stereocenters. The molecule has 0 aliphatic carbocycles. The van der Waals surface area contributed by atoms with Gasteiger partial charge in [-0.05, 0) is 35.6 Å². The van der Waals surface area contributed by atoms with Gasteiger partial charge in [-0.25, -0.2) is 4.98 Å².